The highest BCUT2D eigenvalue weighted by molar-refractivity contribution is 5.90. The van der Waals surface area contributed by atoms with Gasteiger partial charge < -0.3 is 18.9 Å². The van der Waals surface area contributed by atoms with Crippen LogP contribution in [0.3, 0.4) is 0 Å². The minimum Gasteiger partial charge on any atom is -0.493 e. The van der Waals surface area contributed by atoms with Crippen LogP contribution in [-0.2, 0) is 15.7 Å². The lowest BCUT2D eigenvalue weighted by molar-refractivity contribution is -0.137. The maximum absolute atomic E-state index is 12.7. The Balaban J connectivity index is 2.03. The van der Waals surface area contributed by atoms with Gasteiger partial charge in [-0.25, -0.2) is 9.59 Å². The fourth-order valence-electron chi connectivity index (χ4n) is 2.05. The van der Waals surface area contributed by atoms with Crippen LogP contribution in [0.1, 0.15) is 15.9 Å². The second-order valence-electron chi connectivity index (χ2n) is 5.15. The van der Waals surface area contributed by atoms with Crippen molar-refractivity contribution in [3.63, 3.8) is 0 Å². The van der Waals surface area contributed by atoms with Crippen LogP contribution in [0.15, 0.2) is 42.5 Å². The summed E-state index contributed by atoms with van der Waals surface area (Å²) < 4.78 is 57.7. The summed E-state index contributed by atoms with van der Waals surface area (Å²) in [7, 11) is 2.53. The second kappa shape index (κ2) is 8.43. The van der Waals surface area contributed by atoms with Gasteiger partial charge in [-0.15, -0.1) is 0 Å². The van der Waals surface area contributed by atoms with E-state index in [1.807, 2.05) is 0 Å². The van der Waals surface area contributed by atoms with Crippen LogP contribution < -0.4 is 14.2 Å². The monoisotopic (exact) mass is 384 g/mol. The Labute approximate surface area is 152 Å². The SMILES string of the molecule is COC(=O)c1ccc(OC(=O)COc2cccc(C(F)(F)F)c2)c(OC)c1. The number of benzene rings is 2. The van der Waals surface area contributed by atoms with Crippen molar-refractivity contribution in [1.29, 1.82) is 0 Å². The van der Waals surface area contributed by atoms with Crippen molar-refractivity contribution in [1.82, 2.24) is 0 Å². The number of hydrogen-bond acceptors (Lipinski definition) is 6. The van der Waals surface area contributed by atoms with Crippen LogP contribution in [0, 0.1) is 0 Å². The third kappa shape index (κ3) is 5.37. The van der Waals surface area contributed by atoms with E-state index in [0.29, 0.717) is 0 Å². The Morgan fingerprint density at radius 1 is 1.00 bits per heavy atom. The van der Waals surface area contributed by atoms with E-state index in [4.69, 9.17) is 14.2 Å². The zero-order valence-corrected chi connectivity index (χ0v) is 14.3. The van der Waals surface area contributed by atoms with Crippen molar-refractivity contribution >= 4 is 11.9 Å². The summed E-state index contributed by atoms with van der Waals surface area (Å²) in [6.45, 7) is -0.622. The normalized spacial score (nSPS) is 10.9. The van der Waals surface area contributed by atoms with Gasteiger partial charge in [-0.2, -0.15) is 13.2 Å². The number of methoxy groups -OCH3 is 2. The first kappa shape index (κ1) is 20.1. The Bertz CT molecular complexity index is 832. The van der Waals surface area contributed by atoms with Crippen molar-refractivity contribution in [2.45, 2.75) is 6.18 Å². The van der Waals surface area contributed by atoms with Crippen molar-refractivity contribution < 1.29 is 41.7 Å². The number of carbonyl (C=O) groups excluding carboxylic acids is 2. The number of rotatable bonds is 6. The summed E-state index contributed by atoms with van der Waals surface area (Å²) in [4.78, 5) is 23.4. The van der Waals surface area contributed by atoms with Gasteiger partial charge in [0.1, 0.15) is 5.75 Å². The van der Waals surface area contributed by atoms with Gasteiger partial charge in [0.15, 0.2) is 18.1 Å². The molecular formula is C18H15F3O6. The summed E-state index contributed by atoms with van der Waals surface area (Å²) >= 11 is 0. The van der Waals surface area contributed by atoms with Crippen LogP contribution in [0.5, 0.6) is 17.2 Å². The molecule has 6 nitrogen and oxygen atoms in total. The van der Waals surface area contributed by atoms with Gasteiger partial charge >= 0.3 is 18.1 Å². The molecule has 9 heteroatoms. The number of hydrogen-bond donors (Lipinski definition) is 0. The van der Waals surface area contributed by atoms with Crippen LogP contribution in [0.2, 0.25) is 0 Å². The van der Waals surface area contributed by atoms with E-state index in [0.717, 1.165) is 18.2 Å². The number of ether oxygens (including phenoxy) is 4. The molecule has 0 aromatic heterocycles. The summed E-state index contributed by atoms with van der Waals surface area (Å²) in [5.74, 6) is -1.47. The molecule has 2 rings (SSSR count). The van der Waals surface area contributed by atoms with Crippen LogP contribution >= 0.6 is 0 Å². The predicted molar refractivity (Wildman–Crippen MR) is 86.9 cm³/mol. The smallest absolute Gasteiger partial charge is 0.416 e. The van der Waals surface area contributed by atoms with Crippen molar-refractivity contribution in [2.24, 2.45) is 0 Å². The minimum atomic E-state index is -4.52. The van der Waals surface area contributed by atoms with E-state index in [9.17, 15) is 22.8 Å². The van der Waals surface area contributed by atoms with Crippen LogP contribution in [-0.4, -0.2) is 32.8 Å². The van der Waals surface area contributed by atoms with Gasteiger partial charge in [-0.3, -0.25) is 0 Å². The summed E-state index contributed by atoms with van der Waals surface area (Å²) in [6.07, 6.45) is -4.52. The lowest BCUT2D eigenvalue weighted by atomic mass is 10.2. The van der Waals surface area contributed by atoms with E-state index < -0.39 is 30.3 Å². The van der Waals surface area contributed by atoms with Gasteiger partial charge in [-0.05, 0) is 36.4 Å². The number of halogens is 3. The highest BCUT2D eigenvalue weighted by Gasteiger charge is 2.30. The molecule has 0 N–H and O–H groups in total. The van der Waals surface area contributed by atoms with Crippen molar-refractivity contribution in [3.05, 3.63) is 53.6 Å². The molecule has 0 unspecified atom stereocenters. The lowest BCUT2D eigenvalue weighted by Gasteiger charge is -2.12. The molecule has 0 fully saturated rings. The molecule has 0 aliphatic rings. The maximum atomic E-state index is 12.7. The zero-order valence-electron chi connectivity index (χ0n) is 14.3. The van der Waals surface area contributed by atoms with Crippen LogP contribution in [0.25, 0.3) is 0 Å². The molecule has 27 heavy (non-hydrogen) atoms. The van der Waals surface area contributed by atoms with Gasteiger partial charge in [0.05, 0.1) is 25.3 Å². The third-order valence-electron chi connectivity index (χ3n) is 3.33. The molecule has 0 amide bonds. The average Bonchev–Trinajstić information content (AvgIpc) is 2.65. The van der Waals surface area contributed by atoms with E-state index in [-0.39, 0.29) is 22.8 Å². The Morgan fingerprint density at radius 3 is 2.37 bits per heavy atom. The molecule has 0 aliphatic heterocycles. The first-order chi connectivity index (χ1) is 12.7. The van der Waals surface area contributed by atoms with Gasteiger partial charge in [0.2, 0.25) is 0 Å². The van der Waals surface area contributed by atoms with Crippen LogP contribution in [0.4, 0.5) is 13.2 Å². The largest absolute Gasteiger partial charge is 0.493 e. The van der Waals surface area contributed by atoms with E-state index >= 15 is 0 Å². The first-order valence-corrected chi connectivity index (χ1v) is 7.51. The summed E-state index contributed by atoms with van der Waals surface area (Å²) in [5, 5.41) is 0. The molecule has 0 heterocycles. The molecule has 0 aliphatic carbocycles. The number of esters is 2. The Kier molecular flexibility index (Phi) is 6.27. The topological polar surface area (TPSA) is 71.1 Å². The van der Waals surface area contributed by atoms with Crippen molar-refractivity contribution in [2.75, 3.05) is 20.8 Å². The minimum absolute atomic E-state index is 0.0165. The van der Waals surface area contributed by atoms with Gasteiger partial charge in [0.25, 0.3) is 0 Å². The molecule has 0 saturated heterocycles. The molecule has 2 aromatic carbocycles. The summed E-state index contributed by atoms with van der Waals surface area (Å²) in [6, 6.07) is 8.13. The first-order valence-electron chi connectivity index (χ1n) is 7.51. The molecule has 144 valence electrons. The molecule has 0 bridgehead atoms. The van der Waals surface area contributed by atoms with E-state index in [1.165, 1.54) is 38.5 Å². The summed E-state index contributed by atoms with van der Waals surface area (Å²) in [5.41, 5.74) is -0.706. The Hall–Kier alpha value is -3.23. The number of carbonyl (C=O) groups is 2. The second-order valence-corrected chi connectivity index (χ2v) is 5.15. The molecule has 0 atom stereocenters. The molecule has 0 spiro atoms. The van der Waals surface area contributed by atoms with Gasteiger partial charge in [-0.1, -0.05) is 6.07 Å². The molecule has 2 aromatic rings. The van der Waals surface area contributed by atoms with Crippen molar-refractivity contribution in [3.8, 4) is 17.2 Å². The average molecular weight is 384 g/mol. The standard InChI is InChI=1S/C18H15F3O6/c1-24-15-8-11(17(23)25-2)6-7-14(15)27-16(22)10-26-13-5-3-4-12(9-13)18(19,20)21/h3-9H,10H2,1-2H3. The van der Waals surface area contributed by atoms with E-state index in [2.05, 4.69) is 4.74 Å². The predicted octanol–water partition coefficient (Wildman–Crippen LogP) is 3.49. The molecule has 0 saturated carbocycles. The Morgan fingerprint density at radius 2 is 1.74 bits per heavy atom. The van der Waals surface area contributed by atoms with Gasteiger partial charge in [0, 0.05) is 0 Å². The fraction of sp³-hybridized carbons (Fsp3) is 0.222. The lowest BCUT2D eigenvalue weighted by Crippen LogP contribution is -2.18. The maximum Gasteiger partial charge on any atom is 0.416 e. The highest BCUT2D eigenvalue weighted by atomic mass is 19.4. The third-order valence-corrected chi connectivity index (χ3v) is 3.33. The molecule has 0 radical (unpaired) electrons. The number of alkyl halides is 3. The van der Waals surface area contributed by atoms with E-state index in [1.54, 1.807) is 0 Å². The quantitative estimate of drug-likeness (QED) is 0.561. The molecular weight excluding hydrogens is 369 g/mol. The zero-order chi connectivity index (χ0) is 20.0. The highest BCUT2D eigenvalue weighted by Crippen LogP contribution is 2.31. The fourth-order valence-corrected chi connectivity index (χ4v) is 2.05.